The monoisotopic (exact) mass is 237 g/mol. The Hall–Kier alpha value is -0.870. The predicted molar refractivity (Wildman–Crippen MR) is 68.5 cm³/mol. The van der Waals surface area contributed by atoms with E-state index in [2.05, 4.69) is 5.32 Å². The van der Waals surface area contributed by atoms with E-state index in [1.54, 1.807) is 23.5 Å². The maximum absolute atomic E-state index is 12.0. The lowest BCUT2D eigenvalue weighted by molar-refractivity contribution is 0.104. The number of nitrogens with one attached hydrogen (secondary N) is 1. The van der Waals surface area contributed by atoms with Gasteiger partial charge in [-0.05, 0) is 24.6 Å². The Morgan fingerprint density at radius 1 is 1.20 bits per heavy atom. The Morgan fingerprint density at radius 2 is 1.87 bits per heavy atom. The molecule has 0 bridgehead atoms. The molecule has 0 unspecified atom stereocenters. The number of thioether (sulfide) groups is 2. The summed E-state index contributed by atoms with van der Waals surface area (Å²) in [6.07, 6.45) is 3.97. The second kappa shape index (κ2) is 4.33. The first-order chi connectivity index (χ1) is 7.27. The molecule has 2 nitrogen and oxygen atoms in total. The summed E-state index contributed by atoms with van der Waals surface area (Å²) in [5.41, 5.74) is 2.41. The largest absolute Gasteiger partial charge is 0.350 e. The highest BCUT2D eigenvalue weighted by atomic mass is 32.2. The highest BCUT2D eigenvalue weighted by molar-refractivity contribution is 8.21. The number of fused-ring (bicyclic) bond motifs is 1. The van der Waals surface area contributed by atoms with E-state index in [0.717, 1.165) is 21.2 Å². The van der Waals surface area contributed by atoms with E-state index in [1.807, 2.05) is 36.8 Å². The number of Topliss-reactive ketones (excluding diaryl/α,β-unsaturated/α-hetero) is 1. The van der Waals surface area contributed by atoms with Crippen LogP contribution in [0.5, 0.6) is 0 Å². The summed E-state index contributed by atoms with van der Waals surface area (Å²) in [5.74, 6) is 0.101. The van der Waals surface area contributed by atoms with Crippen molar-refractivity contribution >= 4 is 35.0 Å². The minimum Gasteiger partial charge on any atom is -0.350 e. The van der Waals surface area contributed by atoms with Crippen molar-refractivity contribution in [1.29, 1.82) is 0 Å². The first-order valence-corrected chi connectivity index (χ1v) is 6.96. The van der Waals surface area contributed by atoms with Gasteiger partial charge in [-0.1, -0.05) is 12.1 Å². The van der Waals surface area contributed by atoms with E-state index in [4.69, 9.17) is 0 Å². The molecule has 1 aromatic rings. The number of hydrogen-bond donors (Lipinski definition) is 1. The van der Waals surface area contributed by atoms with Crippen LogP contribution in [-0.4, -0.2) is 18.3 Å². The van der Waals surface area contributed by atoms with Gasteiger partial charge in [-0.2, -0.15) is 0 Å². The molecule has 0 saturated carbocycles. The highest BCUT2D eigenvalue weighted by Gasteiger charge is 2.26. The van der Waals surface area contributed by atoms with Crippen LogP contribution in [-0.2, 0) is 0 Å². The van der Waals surface area contributed by atoms with Gasteiger partial charge in [-0.3, -0.25) is 4.79 Å². The molecule has 1 aliphatic heterocycles. The van der Waals surface area contributed by atoms with Crippen LogP contribution >= 0.6 is 23.5 Å². The summed E-state index contributed by atoms with van der Waals surface area (Å²) in [7, 11) is 0. The molecule has 0 atom stereocenters. The Bertz CT molecular complexity index is 434. The third-order valence-corrected chi connectivity index (χ3v) is 4.38. The van der Waals surface area contributed by atoms with Gasteiger partial charge in [0.2, 0.25) is 5.78 Å². The Kier molecular flexibility index (Phi) is 3.07. The van der Waals surface area contributed by atoms with E-state index in [1.165, 1.54) is 0 Å². The van der Waals surface area contributed by atoms with Crippen LogP contribution in [0.25, 0.3) is 0 Å². The molecule has 0 fully saturated rings. The number of carbonyl (C=O) groups is 1. The van der Waals surface area contributed by atoms with Crippen LogP contribution < -0.4 is 5.32 Å². The molecule has 0 saturated heterocycles. The van der Waals surface area contributed by atoms with E-state index < -0.39 is 0 Å². The number of hydrogen-bond acceptors (Lipinski definition) is 4. The molecule has 0 spiro atoms. The molecule has 78 valence electrons. The minimum atomic E-state index is 0.101. The topological polar surface area (TPSA) is 29.1 Å². The molecule has 0 aromatic heterocycles. The zero-order valence-electron chi connectivity index (χ0n) is 8.53. The molecule has 15 heavy (non-hydrogen) atoms. The molecule has 1 aromatic carbocycles. The number of benzene rings is 1. The molecule has 1 N–H and O–H groups in total. The number of anilines is 1. The van der Waals surface area contributed by atoms with Crippen LogP contribution in [0, 0.1) is 0 Å². The minimum absolute atomic E-state index is 0.101. The molecule has 1 heterocycles. The zero-order valence-corrected chi connectivity index (χ0v) is 10.2. The molecule has 1 aliphatic rings. The number of carbonyl (C=O) groups excluding carboxylic acids is 1. The van der Waals surface area contributed by atoms with Crippen LogP contribution in [0.2, 0.25) is 0 Å². The first kappa shape index (κ1) is 10.6. The first-order valence-electron chi connectivity index (χ1n) is 4.51. The summed E-state index contributed by atoms with van der Waals surface area (Å²) < 4.78 is 1.04. The van der Waals surface area contributed by atoms with Crippen molar-refractivity contribution in [2.75, 3.05) is 17.8 Å². The summed E-state index contributed by atoms with van der Waals surface area (Å²) in [5, 5.41) is 3.17. The van der Waals surface area contributed by atoms with Crippen molar-refractivity contribution in [3.8, 4) is 0 Å². The van der Waals surface area contributed by atoms with Crippen LogP contribution in [0.15, 0.2) is 34.2 Å². The van der Waals surface area contributed by atoms with Crippen molar-refractivity contribution in [3.05, 3.63) is 39.8 Å². The fourth-order valence-corrected chi connectivity index (χ4v) is 2.91. The predicted octanol–water partition coefficient (Wildman–Crippen LogP) is 3.19. The van der Waals surface area contributed by atoms with E-state index in [0.29, 0.717) is 0 Å². The van der Waals surface area contributed by atoms with Crippen molar-refractivity contribution in [1.82, 2.24) is 0 Å². The second-order valence-electron chi connectivity index (χ2n) is 3.07. The Morgan fingerprint density at radius 3 is 2.47 bits per heavy atom. The van der Waals surface area contributed by atoms with Gasteiger partial charge in [-0.15, -0.1) is 23.5 Å². The van der Waals surface area contributed by atoms with E-state index in [9.17, 15) is 4.79 Å². The SMILES string of the molecule is CSC(SC)=C1Nc2ccccc2C1=O. The number of rotatable bonds is 2. The highest BCUT2D eigenvalue weighted by Crippen LogP contribution is 2.35. The fourth-order valence-electron chi connectivity index (χ4n) is 1.55. The molecule has 2 rings (SSSR count). The molecule has 4 heteroatoms. The van der Waals surface area contributed by atoms with Gasteiger partial charge in [0.15, 0.2) is 0 Å². The van der Waals surface area contributed by atoms with Crippen molar-refractivity contribution in [2.24, 2.45) is 0 Å². The lowest BCUT2D eigenvalue weighted by atomic mass is 10.1. The zero-order chi connectivity index (χ0) is 10.8. The number of para-hydroxylation sites is 1. The van der Waals surface area contributed by atoms with Gasteiger partial charge in [0.25, 0.3) is 0 Å². The molecule has 0 radical (unpaired) electrons. The molecule has 0 amide bonds. The van der Waals surface area contributed by atoms with Crippen molar-refractivity contribution in [2.45, 2.75) is 0 Å². The third-order valence-electron chi connectivity index (χ3n) is 2.23. The summed E-state index contributed by atoms with van der Waals surface area (Å²) in [4.78, 5) is 12.0. The lowest BCUT2D eigenvalue weighted by Gasteiger charge is -2.04. The molecular weight excluding hydrogens is 226 g/mol. The second-order valence-corrected chi connectivity index (χ2v) is 4.96. The van der Waals surface area contributed by atoms with Crippen LogP contribution in [0.1, 0.15) is 10.4 Å². The Labute approximate surface area is 97.5 Å². The van der Waals surface area contributed by atoms with Crippen LogP contribution in [0.3, 0.4) is 0 Å². The average molecular weight is 237 g/mol. The molecular formula is C11H11NOS2. The number of allylic oxidation sites excluding steroid dienone is 1. The van der Waals surface area contributed by atoms with Crippen molar-refractivity contribution in [3.63, 3.8) is 0 Å². The van der Waals surface area contributed by atoms with Gasteiger partial charge in [0.05, 0.1) is 4.24 Å². The average Bonchev–Trinajstić information content (AvgIpc) is 2.60. The fraction of sp³-hybridized carbons (Fsp3) is 0.182. The van der Waals surface area contributed by atoms with E-state index >= 15 is 0 Å². The van der Waals surface area contributed by atoms with E-state index in [-0.39, 0.29) is 5.78 Å². The standard InChI is InChI=1S/C11H11NOS2/c1-14-11(15-2)9-10(13)7-5-3-4-6-8(7)12-9/h3-6,12H,1-2H3. The quantitative estimate of drug-likeness (QED) is 0.800. The maximum Gasteiger partial charge on any atom is 0.212 e. The van der Waals surface area contributed by atoms with Gasteiger partial charge < -0.3 is 5.32 Å². The molecule has 0 aliphatic carbocycles. The lowest BCUT2D eigenvalue weighted by Crippen LogP contribution is -2.02. The maximum atomic E-state index is 12.0. The number of ketones is 1. The smallest absolute Gasteiger partial charge is 0.212 e. The summed E-state index contributed by atoms with van der Waals surface area (Å²) in [6.45, 7) is 0. The van der Waals surface area contributed by atoms with Gasteiger partial charge >= 0.3 is 0 Å². The normalized spacial score (nSPS) is 13.7. The van der Waals surface area contributed by atoms with Gasteiger partial charge in [-0.25, -0.2) is 0 Å². The third kappa shape index (κ3) is 1.79. The summed E-state index contributed by atoms with van der Waals surface area (Å²) >= 11 is 3.20. The summed E-state index contributed by atoms with van der Waals surface area (Å²) in [6, 6.07) is 7.60. The van der Waals surface area contributed by atoms with Crippen molar-refractivity contribution < 1.29 is 4.79 Å². The van der Waals surface area contributed by atoms with Crippen LogP contribution in [0.4, 0.5) is 5.69 Å². The van der Waals surface area contributed by atoms with Gasteiger partial charge in [0.1, 0.15) is 5.70 Å². The Balaban J connectivity index is 2.47. The van der Waals surface area contributed by atoms with Gasteiger partial charge in [0, 0.05) is 11.3 Å².